The Labute approximate surface area is 107 Å². The molecule has 0 heterocycles. The molecule has 3 nitrogen and oxygen atoms in total. The van der Waals surface area contributed by atoms with E-state index in [1.165, 1.54) is 0 Å². The minimum absolute atomic E-state index is 0.0372. The molecule has 1 N–H and O–H groups in total. The summed E-state index contributed by atoms with van der Waals surface area (Å²) in [6, 6.07) is 4.40. The summed E-state index contributed by atoms with van der Waals surface area (Å²) >= 11 is 0. The normalized spacial score (nSPS) is 25.7. The number of halogens is 3. The first-order valence-corrected chi connectivity index (χ1v) is 5.58. The lowest BCUT2D eigenvalue weighted by Crippen LogP contribution is -2.16. The number of aromatic carboxylic acids is 1. The molecule has 19 heavy (non-hydrogen) atoms. The van der Waals surface area contributed by atoms with Gasteiger partial charge in [-0.05, 0) is 36.1 Å². The van der Waals surface area contributed by atoms with Crippen LogP contribution in [-0.4, -0.2) is 11.1 Å². The van der Waals surface area contributed by atoms with E-state index in [4.69, 9.17) is 10.4 Å². The number of nitriles is 1. The Balaban J connectivity index is 2.63. The van der Waals surface area contributed by atoms with Crippen molar-refractivity contribution >= 4 is 5.97 Å². The molecule has 0 aliphatic heterocycles. The van der Waals surface area contributed by atoms with Crippen LogP contribution in [0, 0.1) is 17.2 Å². The van der Waals surface area contributed by atoms with E-state index in [1.807, 2.05) is 6.07 Å². The summed E-state index contributed by atoms with van der Waals surface area (Å²) in [5, 5.41) is 18.2. The molecule has 2 atom stereocenters. The summed E-state index contributed by atoms with van der Waals surface area (Å²) in [5.74, 6) is -1.46. The van der Waals surface area contributed by atoms with E-state index in [9.17, 15) is 18.0 Å². The van der Waals surface area contributed by atoms with Gasteiger partial charge in [0.2, 0.25) is 0 Å². The molecule has 100 valence electrons. The smallest absolute Gasteiger partial charge is 0.416 e. The van der Waals surface area contributed by atoms with E-state index in [1.54, 1.807) is 6.92 Å². The third kappa shape index (κ3) is 2.05. The zero-order valence-corrected chi connectivity index (χ0v) is 9.95. The first-order valence-electron chi connectivity index (χ1n) is 5.58. The van der Waals surface area contributed by atoms with Crippen molar-refractivity contribution in [2.75, 3.05) is 0 Å². The number of alkyl halides is 3. The molecule has 0 spiro atoms. The van der Waals surface area contributed by atoms with Crippen LogP contribution in [0.5, 0.6) is 0 Å². The predicted molar refractivity (Wildman–Crippen MR) is 59.5 cm³/mol. The van der Waals surface area contributed by atoms with Gasteiger partial charge in [0.05, 0.1) is 22.6 Å². The van der Waals surface area contributed by atoms with Crippen molar-refractivity contribution in [1.82, 2.24) is 0 Å². The zero-order valence-electron chi connectivity index (χ0n) is 9.95. The third-order valence-corrected chi connectivity index (χ3v) is 3.57. The molecule has 2 rings (SSSR count). The van der Waals surface area contributed by atoms with Gasteiger partial charge in [-0.15, -0.1) is 0 Å². The molecule has 0 aromatic heterocycles. The molecule has 1 aliphatic rings. The number of nitrogens with zero attached hydrogens (tertiary/aromatic N) is 1. The quantitative estimate of drug-likeness (QED) is 0.896. The van der Waals surface area contributed by atoms with Crippen molar-refractivity contribution in [1.29, 1.82) is 5.26 Å². The number of hydrogen-bond donors (Lipinski definition) is 1. The van der Waals surface area contributed by atoms with Gasteiger partial charge in [0.1, 0.15) is 0 Å². The van der Waals surface area contributed by atoms with Crippen LogP contribution in [0.25, 0.3) is 0 Å². The van der Waals surface area contributed by atoms with Crippen molar-refractivity contribution in [3.05, 3.63) is 34.9 Å². The molecule has 2 unspecified atom stereocenters. The van der Waals surface area contributed by atoms with Crippen molar-refractivity contribution in [2.24, 2.45) is 5.92 Å². The Morgan fingerprint density at radius 2 is 2.11 bits per heavy atom. The number of hydrogen-bond acceptors (Lipinski definition) is 2. The van der Waals surface area contributed by atoms with E-state index in [2.05, 4.69) is 0 Å². The fourth-order valence-corrected chi connectivity index (χ4v) is 2.29. The van der Waals surface area contributed by atoms with Gasteiger partial charge in [-0.2, -0.15) is 18.4 Å². The summed E-state index contributed by atoms with van der Waals surface area (Å²) in [6.07, 6.45) is -4.17. The second-order valence-electron chi connectivity index (χ2n) is 4.75. The van der Waals surface area contributed by atoms with Gasteiger partial charge in [0, 0.05) is 0 Å². The molecule has 0 radical (unpaired) electrons. The minimum Gasteiger partial charge on any atom is -0.478 e. The molecular weight excluding hydrogens is 259 g/mol. The lowest BCUT2D eigenvalue weighted by atomic mass is 9.89. The monoisotopic (exact) mass is 269 g/mol. The number of rotatable bonds is 2. The third-order valence-electron chi connectivity index (χ3n) is 3.57. The van der Waals surface area contributed by atoms with Crippen LogP contribution in [0.4, 0.5) is 13.2 Å². The molecule has 0 amide bonds. The highest BCUT2D eigenvalue weighted by Gasteiger charge is 2.55. The van der Waals surface area contributed by atoms with Gasteiger partial charge in [-0.25, -0.2) is 4.79 Å². The molecule has 6 heteroatoms. The van der Waals surface area contributed by atoms with E-state index in [0.717, 1.165) is 18.2 Å². The first-order chi connectivity index (χ1) is 8.72. The maximum atomic E-state index is 12.7. The Morgan fingerprint density at radius 1 is 1.53 bits per heavy atom. The highest BCUT2D eigenvalue weighted by molar-refractivity contribution is 5.90. The molecule has 1 saturated carbocycles. The number of carboxylic acids is 1. The molecule has 0 saturated heterocycles. The maximum absolute atomic E-state index is 12.7. The Morgan fingerprint density at radius 3 is 2.47 bits per heavy atom. The highest BCUT2D eigenvalue weighted by Crippen LogP contribution is 2.55. The average molecular weight is 269 g/mol. The number of carbonyl (C=O) groups is 1. The van der Waals surface area contributed by atoms with Gasteiger partial charge >= 0.3 is 12.1 Å². The van der Waals surface area contributed by atoms with Gasteiger partial charge in [-0.3, -0.25) is 0 Å². The lowest BCUT2D eigenvalue weighted by molar-refractivity contribution is -0.137. The summed E-state index contributed by atoms with van der Waals surface area (Å²) in [4.78, 5) is 11.1. The van der Waals surface area contributed by atoms with E-state index < -0.39 is 23.1 Å². The molecular formula is C13H10F3NO2. The fraction of sp³-hybridized carbons (Fsp3) is 0.385. The molecule has 1 fully saturated rings. The van der Waals surface area contributed by atoms with Crippen LogP contribution in [0.2, 0.25) is 0 Å². The second kappa shape index (κ2) is 3.98. The summed E-state index contributed by atoms with van der Waals surface area (Å²) in [6.45, 7) is 1.72. The van der Waals surface area contributed by atoms with Crippen LogP contribution >= 0.6 is 0 Å². The van der Waals surface area contributed by atoms with Crippen LogP contribution < -0.4 is 0 Å². The second-order valence-corrected chi connectivity index (χ2v) is 4.75. The van der Waals surface area contributed by atoms with Gasteiger partial charge in [-0.1, -0.05) is 6.92 Å². The Bertz CT molecular complexity index is 589. The van der Waals surface area contributed by atoms with E-state index in [-0.39, 0.29) is 17.0 Å². The van der Waals surface area contributed by atoms with Crippen LogP contribution in [0.15, 0.2) is 18.2 Å². The summed E-state index contributed by atoms with van der Waals surface area (Å²) in [5.41, 5.74) is -2.31. The summed E-state index contributed by atoms with van der Waals surface area (Å²) < 4.78 is 38.0. The molecule has 1 aromatic rings. The number of carboxylic acid groups (broad SMARTS) is 1. The van der Waals surface area contributed by atoms with Gasteiger partial charge < -0.3 is 5.11 Å². The van der Waals surface area contributed by atoms with Crippen LogP contribution in [0.3, 0.4) is 0 Å². The Hall–Kier alpha value is -2.03. The standard InChI is InChI=1S/C13H10F3NO2/c1-7-5-12(7,6-17)10-4-8(13(14,15)16)2-3-9(10)11(18)19/h2-4,7H,5H2,1H3,(H,18,19). The Kier molecular flexibility index (Phi) is 2.81. The first kappa shape index (κ1) is 13.4. The van der Waals surface area contributed by atoms with Gasteiger partial charge in [0.15, 0.2) is 0 Å². The van der Waals surface area contributed by atoms with Crippen LogP contribution in [0.1, 0.15) is 34.8 Å². The fourth-order valence-electron chi connectivity index (χ4n) is 2.29. The largest absolute Gasteiger partial charge is 0.478 e. The lowest BCUT2D eigenvalue weighted by Gasteiger charge is -2.15. The van der Waals surface area contributed by atoms with Crippen molar-refractivity contribution in [3.8, 4) is 6.07 Å². The topological polar surface area (TPSA) is 61.1 Å². The minimum atomic E-state index is -4.56. The number of benzene rings is 1. The van der Waals surface area contributed by atoms with E-state index >= 15 is 0 Å². The molecule has 1 aromatic carbocycles. The highest BCUT2D eigenvalue weighted by atomic mass is 19.4. The zero-order chi connectivity index (χ0) is 14.4. The SMILES string of the molecule is CC1CC1(C#N)c1cc(C(F)(F)F)ccc1C(=O)O. The van der Waals surface area contributed by atoms with Crippen molar-refractivity contribution in [2.45, 2.75) is 24.9 Å². The van der Waals surface area contributed by atoms with E-state index in [0.29, 0.717) is 6.42 Å². The molecule has 0 bridgehead atoms. The summed E-state index contributed by atoms with van der Waals surface area (Å²) in [7, 11) is 0. The average Bonchev–Trinajstić information content (AvgIpc) is 2.99. The molecule has 1 aliphatic carbocycles. The van der Waals surface area contributed by atoms with Crippen LogP contribution in [-0.2, 0) is 11.6 Å². The van der Waals surface area contributed by atoms with Crippen molar-refractivity contribution in [3.63, 3.8) is 0 Å². The maximum Gasteiger partial charge on any atom is 0.416 e. The van der Waals surface area contributed by atoms with Gasteiger partial charge in [0.25, 0.3) is 0 Å². The predicted octanol–water partition coefficient (Wildman–Crippen LogP) is 3.20. The van der Waals surface area contributed by atoms with Crippen molar-refractivity contribution < 1.29 is 23.1 Å².